The van der Waals surface area contributed by atoms with Crippen molar-refractivity contribution in [2.24, 2.45) is 0 Å². The monoisotopic (exact) mass is 312 g/mol. The molecule has 1 aromatic heterocycles. The number of imidazole rings is 1. The Morgan fingerprint density at radius 2 is 1.94 bits per heavy atom. The van der Waals surface area contributed by atoms with Crippen LogP contribution in [0.2, 0.25) is 0 Å². The van der Waals surface area contributed by atoms with Gasteiger partial charge in [-0.25, -0.2) is 4.79 Å². The molecule has 0 aliphatic rings. The van der Waals surface area contributed by atoms with Gasteiger partial charge in [0.25, 0.3) is 0 Å². The average Bonchev–Trinajstić information content (AvgIpc) is 2.67. The highest BCUT2D eigenvalue weighted by Gasteiger charge is 2.13. The first-order chi connectivity index (χ1) is 8.61. The summed E-state index contributed by atoms with van der Waals surface area (Å²) in [5, 5.41) is 10.2. The van der Waals surface area contributed by atoms with E-state index in [1.165, 1.54) is 0 Å². The van der Waals surface area contributed by atoms with Gasteiger partial charge in [0.2, 0.25) is 0 Å². The van der Waals surface area contributed by atoms with Gasteiger partial charge in [0.1, 0.15) is 0 Å². The maximum Gasteiger partial charge on any atom is 0.323 e. The second-order valence-corrected chi connectivity index (χ2v) is 5.36. The fraction of sp³-hybridized carbons (Fsp3) is 0.462. The molecule has 0 fully saturated rings. The third-order valence-electron chi connectivity index (χ3n) is 3.07. The number of nitrogens with one attached hydrogen (secondary N) is 2. The largest absolute Gasteiger partial charge is 0.388 e. The molecule has 0 amide bonds. The van der Waals surface area contributed by atoms with Crippen molar-refractivity contribution >= 4 is 27.0 Å². The van der Waals surface area contributed by atoms with Gasteiger partial charge in [0, 0.05) is 4.47 Å². The van der Waals surface area contributed by atoms with Gasteiger partial charge >= 0.3 is 5.69 Å². The van der Waals surface area contributed by atoms with E-state index >= 15 is 0 Å². The van der Waals surface area contributed by atoms with Crippen molar-refractivity contribution in [3.8, 4) is 0 Å². The second-order valence-electron chi connectivity index (χ2n) is 4.51. The number of benzene rings is 1. The highest BCUT2D eigenvalue weighted by Crippen LogP contribution is 2.29. The van der Waals surface area contributed by atoms with Gasteiger partial charge in [-0.15, -0.1) is 0 Å². The number of aromatic nitrogens is 2. The number of rotatable bonds is 5. The molecule has 0 saturated carbocycles. The Morgan fingerprint density at radius 3 is 2.61 bits per heavy atom. The standard InChI is InChI=1S/C13H17BrN2O2/c1-2-3-4-5-12(17)8-6-10-11(7-9(8)14)16-13(18)15-10/h6-7,12,17H,2-5H2,1H3,(H2,15,16,18). The van der Waals surface area contributed by atoms with E-state index in [9.17, 15) is 9.90 Å². The van der Waals surface area contributed by atoms with Gasteiger partial charge in [-0.3, -0.25) is 0 Å². The smallest absolute Gasteiger partial charge is 0.323 e. The average molecular weight is 313 g/mol. The lowest BCUT2D eigenvalue weighted by atomic mass is 10.0. The van der Waals surface area contributed by atoms with Gasteiger partial charge in [0.05, 0.1) is 17.1 Å². The van der Waals surface area contributed by atoms with E-state index < -0.39 is 6.10 Å². The Balaban J connectivity index is 2.26. The van der Waals surface area contributed by atoms with Crippen LogP contribution >= 0.6 is 15.9 Å². The Labute approximate surface area is 114 Å². The summed E-state index contributed by atoms with van der Waals surface area (Å²) in [5.74, 6) is 0. The lowest BCUT2D eigenvalue weighted by Crippen LogP contribution is -1.99. The van der Waals surface area contributed by atoms with Crippen LogP contribution < -0.4 is 5.69 Å². The predicted octanol–water partition coefficient (Wildman–Crippen LogP) is 3.23. The van der Waals surface area contributed by atoms with E-state index in [2.05, 4.69) is 32.8 Å². The molecule has 4 nitrogen and oxygen atoms in total. The molecule has 0 aliphatic heterocycles. The minimum absolute atomic E-state index is 0.227. The molecule has 0 saturated heterocycles. The van der Waals surface area contributed by atoms with Gasteiger partial charge in [0.15, 0.2) is 0 Å². The Morgan fingerprint density at radius 1 is 1.28 bits per heavy atom. The molecule has 0 bridgehead atoms. The molecule has 1 unspecified atom stereocenters. The van der Waals surface area contributed by atoms with Crippen LogP contribution in [-0.4, -0.2) is 15.1 Å². The molecular formula is C13H17BrN2O2. The van der Waals surface area contributed by atoms with E-state index in [1.54, 1.807) is 0 Å². The third-order valence-corrected chi connectivity index (χ3v) is 3.76. The molecule has 1 atom stereocenters. The Hall–Kier alpha value is -1.07. The molecular weight excluding hydrogens is 296 g/mol. The molecule has 98 valence electrons. The minimum atomic E-state index is -0.492. The van der Waals surface area contributed by atoms with Crippen LogP contribution in [0.3, 0.4) is 0 Å². The molecule has 1 heterocycles. The first kappa shape index (κ1) is 13.4. The fourth-order valence-corrected chi connectivity index (χ4v) is 2.68. The zero-order chi connectivity index (χ0) is 13.1. The van der Waals surface area contributed by atoms with Gasteiger partial charge in [-0.2, -0.15) is 0 Å². The Bertz CT molecular complexity index is 588. The van der Waals surface area contributed by atoms with Crippen LogP contribution in [-0.2, 0) is 0 Å². The summed E-state index contributed by atoms with van der Waals surface area (Å²) >= 11 is 3.44. The van der Waals surface area contributed by atoms with E-state index in [1.807, 2.05) is 12.1 Å². The van der Waals surface area contributed by atoms with Gasteiger partial charge < -0.3 is 15.1 Å². The minimum Gasteiger partial charge on any atom is -0.388 e. The van der Waals surface area contributed by atoms with Crippen LogP contribution in [0.25, 0.3) is 11.0 Å². The topological polar surface area (TPSA) is 68.9 Å². The normalized spacial score (nSPS) is 13.1. The predicted molar refractivity (Wildman–Crippen MR) is 75.7 cm³/mol. The molecule has 0 spiro atoms. The summed E-state index contributed by atoms with van der Waals surface area (Å²) in [5.41, 5.74) is 2.08. The number of aromatic amines is 2. The van der Waals surface area contributed by atoms with Crippen molar-refractivity contribution < 1.29 is 5.11 Å². The van der Waals surface area contributed by atoms with Crippen LogP contribution in [0.15, 0.2) is 21.4 Å². The van der Waals surface area contributed by atoms with Crippen molar-refractivity contribution in [2.45, 2.75) is 38.7 Å². The maximum atomic E-state index is 11.2. The first-order valence-electron chi connectivity index (χ1n) is 6.21. The number of H-pyrrole nitrogens is 2. The van der Waals surface area contributed by atoms with E-state index in [4.69, 9.17) is 0 Å². The molecule has 2 aromatic rings. The molecule has 5 heteroatoms. The maximum absolute atomic E-state index is 11.2. The van der Waals surface area contributed by atoms with Gasteiger partial charge in [-0.05, 0) is 24.1 Å². The number of fused-ring (bicyclic) bond motifs is 1. The van der Waals surface area contributed by atoms with Crippen molar-refractivity contribution in [2.75, 3.05) is 0 Å². The van der Waals surface area contributed by atoms with E-state index in [-0.39, 0.29) is 5.69 Å². The van der Waals surface area contributed by atoms with Crippen LogP contribution in [0, 0.1) is 0 Å². The van der Waals surface area contributed by atoms with Gasteiger partial charge in [-0.1, -0.05) is 42.1 Å². The summed E-state index contributed by atoms with van der Waals surface area (Å²) in [4.78, 5) is 16.6. The lowest BCUT2D eigenvalue weighted by Gasteiger charge is -2.12. The summed E-state index contributed by atoms with van der Waals surface area (Å²) < 4.78 is 0.828. The van der Waals surface area contributed by atoms with Crippen LogP contribution in [0.4, 0.5) is 0 Å². The molecule has 2 rings (SSSR count). The second kappa shape index (κ2) is 5.71. The molecule has 3 N–H and O–H groups in total. The number of hydrogen-bond acceptors (Lipinski definition) is 2. The number of hydrogen-bond donors (Lipinski definition) is 3. The van der Waals surface area contributed by atoms with Crippen molar-refractivity contribution in [3.05, 3.63) is 32.7 Å². The van der Waals surface area contributed by atoms with Crippen molar-refractivity contribution in [3.63, 3.8) is 0 Å². The number of halogens is 1. The summed E-state index contributed by atoms with van der Waals surface area (Å²) in [7, 11) is 0. The summed E-state index contributed by atoms with van der Waals surface area (Å²) in [6.45, 7) is 2.14. The molecule has 0 radical (unpaired) electrons. The van der Waals surface area contributed by atoms with Crippen LogP contribution in [0.5, 0.6) is 0 Å². The molecule has 18 heavy (non-hydrogen) atoms. The van der Waals surface area contributed by atoms with Crippen molar-refractivity contribution in [1.29, 1.82) is 0 Å². The number of aliphatic hydroxyl groups excluding tert-OH is 1. The molecule has 1 aromatic carbocycles. The summed E-state index contributed by atoms with van der Waals surface area (Å²) in [6.07, 6.45) is 3.52. The Kier molecular flexibility index (Phi) is 4.24. The van der Waals surface area contributed by atoms with Crippen molar-refractivity contribution in [1.82, 2.24) is 9.97 Å². The SMILES string of the molecule is CCCCCC(O)c1cc2[nH]c(=O)[nH]c2cc1Br. The fourth-order valence-electron chi connectivity index (χ4n) is 2.07. The zero-order valence-corrected chi connectivity index (χ0v) is 11.9. The van der Waals surface area contributed by atoms with E-state index in [0.717, 1.165) is 46.8 Å². The number of aliphatic hydroxyl groups is 1. The van der Waals surface area contributed by atoms with E-state index in [0.29, 0.717) is 0 Å². The van der Waals surface area contributed by atoms with Crippen LogP contribution in [0.1, 0.15) is 44.3 Å². The third kappa shape index (κ3) is 2.84. The summed E-state index contributed by atoms with van der Waals surface area (Å²) in [6, 6.07) is 3.65. The zero-order valence-electron chi connectivity index (χ0n) is 10.3. The highest BCUT2D eigenvalue weighted by molar-refractivity contribution is 9.10. The number of unbranched alkanes of at least 4 members (excludes halogenated alkanes) is 2. The molecule has 0 aliphatic carbocycles. The first-order valence-corrected chi connectivity index (χ1v) is 7.00. The quantitative estimate of drug-likeness (QED) is 0.742. The lowest BCUT2D eigenvalue weighted by molar-refractivity contribution is 0.163. The highest BCUT2D eigenvalue weighted by atomic mass is 79.9.